The van der Waals surface area contributed by atoms with Gasteiger partial charge in [0.2, 0.25) is 15.9 Å². The highest BCUT2D eigenvalue weighted by Crippen LogP contribution is 2.34. The summed E-state index contributed by atoms with van der Waals surface area (Å²) in [6, 6.07) is 4.83. The van der Waals surface area contributed by atoms with Crippen LogP contribution in [0.25, 0.3) is 10.8 Å². The summed E-state index contributed by atoms with van der Waals surface area (Å²) in [6.07, 6.45) is 3.46. The average molecular weight is 437 g/mol. The fourth-order valence-corrected chi connectivity index (χ4v) is 6.22. The van der Waals surface area contributed by atoms with E-state index in [-0.39, 0.29) is 34.7 Å². The number of rotatable bonds is 5. The van der Waals surface area contributed by atoms with E-state index >= 15 is 0 Å². The van der Waals surface area contributed by atoms with Crippen LogP contribution in [0.5, 0.6) is 0 Å². The van der Waals surface area contributed by atoms with E-state index in [2.05, 4.69) is 4.98 Å². The molecule has 0 spiro atoms. The van der Waals surface area contributed by atoms with E-state index in [1.165, 1.54) is 17.2 Å². The largest absolute Gasteiger partial charge is 0.335 e. The molecule has 0 bridgehead atoms. The third-order valence-electron chi connectivity index (χ3n) is 5.62. The number of carbonyl (C=O) groups is 2. The first-order chi connectivity index (χ1) is 13.8. The quantitative estimate of drug-likeness (QED) is 0.757. The van der Waals surface area contributed by atoms with Crippen LogP contribution < -0.4 is 5.73 Å². The van der Waals surface area contributed by atoms with Gasteiger partial charge >= 0.3 is 0 Å². The molecule has 10 heteroatoms. The number of ketones is 1. The molecule has 2 N–H and O–H groups in total. The molecule has 1 aromatic carbocycles. The van der Waals surface area contributed by atoms with Gasteiger partial charge in [0.25, 0.3) is 0 Å². The predicted molar refractivity (Wildman–Crippen MR) is 108 cm³/mol. The van der Waals surface area contributed by atoms with Gasteiger partial charge in [-0.2, -0.15) is 4.31 Å². The van der Waals surface area contributed by atoms with Gasteiger partial charge in [-0.1, -0.05) is 23.7 Å². The van der Waals surface area contributed by atoms with E-state index in [0.29, 0.717) is 30.2 Å². The minimum atomic E-state index is -3.98. The molecule has 0 aliphatic carbocycles. The monoisotopic (exact) mass is 436 g/mol. The Bertz CT molecular complexity index is 1090. The molecule has 1 amide bonds. The summed E-state index contributed by atoms with van der Waals surface area (Å²) in [6.45, 7) is 0.668. The Morgan fingerprint density at radius 3 is 2.79 bits per heavy atom. The Morgan fingerprint density at radius 1 is 1.28 bits per heavy atom. The molecule has 1 unspecified atom stereocenters. The molecule has 2 aliphatic rings. The standard InChI is InChI=1S/C19H21ClN4O4S/c20-14-10-22-9-12-3-1-4-16(18(12)14)29(27,28)24-8-6-13(19(24)21)15(25)11-23-7-2-5-17(23)26/h1,3-4,9-10,13,19H,2,5-8,11,21H2/t13?,19-/m0/s1. The molecule has 0 radical (unpaired) electrons. The van der Waals surface area contributed by atoms with Crippen molar-refractivity contribution in [2.75, 3.05) is 19.6 Å². The molecule has 8 nitrogen and oxygen atoms in total. The Kier molecular flexibility index (Phi) is 5.32. The number of benzene rings is 1. The van der Waals surface area contributed by atoms with Crippen molar-refractivity contribution in [3.63, 3.8) is 0 Å². The van der Waals surface area contributed by atoms with Crippen LogP contribution in [0.4, 0.5) is 0 Å². The second-order valence-corrected chi connectivity index (χ2v) is 9.63. The van der Waals surface area contributed by atoms with Crippen molar-refractivity contribution in [3.8, 4) is 0 Å². The maximum Gasteiger partial charge on any atom is 0.245 e. The lowest BCUT2D eigenvalue weighted by Gasteiger charge is -2.25. The third kappa shape index (κ3) is 3.52. The van der Waals surface area contributed by atoms with Gasteiger partial charge in [-0.15, -0.1) is 0 Å². The molecule has 4 rings (SSSR count). The lowest BCUT2D eigenvalue weighted by molar-refractivity contribution is -0.133. The summed E-state index contributed by atoms with van der Waals surface area (Å²) in [5, 5.41) is 1.22. The van der Waals surface area contributed by atoms with Crippen molar-refractivity contribution in [1.29, 1.82) is 0 Å². The van der Waals surface area contributed by atoms with Crippen molar-refractivity contribution in [3.05, 3.63) is 35.6 Å². The van der Waals surface area contributed by atoms with Gasteiger partial charge in [-0.3, -0.25) is 14.6 Å². The number of nitrogens with zero attached hydrogens (tertiary/aromatic N) is 3. The molecule has 2 saturated heterocycles. The van der Waals surface area contributed by atoms with Crippen molar-refractivity contribution in [2.45, 2.75) is 30.3 Å². The minimum absolute atomic E-state index is 0.0170. The fourth-order valence-electron chi connectivity index (χ4n) is 4.10. The number of fused-ring (bicyclic) bond motifs is 1. The average Bonchev–Trinajstić information content (AvgIpc) is 3.27. The summed E-state index contributed by atoms with van der Waals surface area (Å²) >= 11 is 6.23. The zero-order valence-electron chi connectivity index (χ0n) is 15.6. The fraction of sp³-hybridized carbons (Fsp3) is 0.421. The van der Waals surface area contributed by atoms with Gasteiger partial charge in [0.15, 0.2) is 5.78 Å². The molecule has 2 atom stereocenters. The van der Waals surface area contributed by atoms with Gasteiger partial charge in [-0.25, -0.2) is 8.42 Å². The summed E-state index contributed by atoms with van der Waals surface area (Å²) in [7, 11) is -3.98. The smallest absolute Gasteiger partial charge is 0.245 e. The van der Waals surface area contributed by atoms with E-state index in [1.807, 2.05) is 0 Å². The van der Waals surface area contributed by atoms with Crippen LogP contribution in [0, 0.1) is 5.92 Å². The second kappa shape index (κ2) is 7.64. The number of halogens is 1. The molecule has 0 saturated carbocycles. The van der Waals surface area contributed by atoms with E-state index in [4.69, 9.17) is 17.3 Å². The molecular formula is C19H21ClN4O4S. The highest BCUT2D eigenvalue weighted by Gasteiger charge is 2.43. The van der Waals surface area contributed by atoms with Crippen LogP contribution in [0.15, 0.2) is 35.5 Å². The van der Waals surface area contributed by atoms with Crippen LogP contribution in [0.1, 0.15) is 19.3 Å². The highest BCUT2D eigenvalue weighted by molar-refractivity contribution is 7.89. The number of hydrogen-bond donors (Lipinski definition) is 1. The zero-order valence-corrected chi connectivity index (χ0v) is 17.2. The summed E-state index contributed by atoms with van der Waals surface area (Å²) in [5.41, 5.74) is 6.22. The van der Waals surface area contributed by atoms with Gasteiger partial charge in [-0.05, 0) is 18.9 Å². The SMILES string of the molecule is N[C@@H]1C(C(=O)CN2CCCC2=O)CCN1S(=O)(=O)c1cccc2cncc(Cl)c12. The Hall–Kier alpha value is -2.07. The van der Waals surface area contributed by atoms with Crippen LogP contribution in [-0.4, -0.2) is 60.1 Å². The van der Waals surface area contributed by atoms with E-state index in [9.17, 15) is 18.0 Å². The van der Waals surface area contributed by atoms with Crippen molar-refractivity contribution in [1.82, 2.24) is 14.2 Å². The minimum Gasteiger partial charge on any atom is -0.335 e. The van der Waals surface area contributed by atoms with Gasteiger partial charge in [0.05, 0.1) is 28.5 Å². The van der Waals surface area contributed by atoms with Crippen molar-refractivity contribution in [2.24, 2.45) is 11.7 Å². The molecular weight excluding hydrogens is 416 g/mol. The number of sulfonamides is 1. The maximum absolute atomic E-state index is 13.4. The van der Waals surface area contributed by atoms with E-state index < -0.39 is 22.1 Å². The predicted octanol–water partition coefficient (Wildman–Crippen LogP) is 1.38. The molecule has 2 aromatic rings. The third-order valence-corrected chi connectivity index (χ3v) is 7.85. The van der Waals surface area contributed by atoms with E-state index in [1.54, 1.807) is 18.3 Å². The van der Waals surface area contributed by atoms with Crippen molar-refractivity contribution < 1.29 is 18.0 Å². The first kappa shape index (κ1) is 20.2. The Morgan fingerprint density at radius 2 is 2.07 bits per heavy atom. The zero-order chi connectivity index (χ0) is 20.8. The Balaban J connectivity index is 1.61. The molecule has 1 aromatic heterocycles. The van der Waals surface area contributed by atoms with Crippen LogP contribution in [-0.2, 0) is 19.6 Å². The number of pyridine rings is 1. The van der Waals surface area contributed by atoms with E-state index in [0.717, 1.165) is 10.7 Å². The van der Waals surface area contributed by atoms with Gasteiger partial charge in [0.1, 0.15) is 0 Å². The normalized spacial score (nSPS) is 23.2. The summed E-state index contributed by atoms with van der Waals surface area (Å²) in [4.78, 5) is 30.1. The van der Waals surface area contributed by atoms with Crippen LogP contribution >= 0.6 is 11.6 Å². The number of likely N-dealkylation sites (tertiary alicyclic amines) is 1. The highest BCUT2D eigenvalue weighted by atomic mass is 35.5. The molecule has 2 aliphatic heterocycles. The first-order valence-corrected chi connectivity index (χ1v) is 11.2. The lowest BCUT2D eigenvalue weighted by Crippen LogP contribution is -2.47. The van der Waals surface area contributed by atoms with Crippen LogP contribution in [0.3, 0.4) is 0 Å². The topological polar surface area (TPSA) is 114 Å². The Labute approximate surface area is 173 Å². The van der Waals surface area contributed by atoms with Gasteiger partial charge in [0, 0.05) is 42.7 Å². The molecule has 154 valence electrons. The van der Waals surface area contributed by atoms with Crippen molar-refractivity contribution >= 4 is 44.1 Å². The number of hydrogen-bond acceptors (Lipinski definition) is 6. The number of amides is 1. The summed E-state index contributed by atoms with van der Waals surface area (Å²) < 4.78 is 27.9. The second-order valence-electron chi connectivity index (χ2n) is 7.36. The number of nitrogens with two attached hydrogens (primary N) is 1. The lowest BCUT2D eigenvalue weighted by atomic mass is 10.0. The number of Topliss-reactive ketones (excluding diaryl/α,β-unsaturated/α-hetero) is 1. The maximum atomic E-state index is 13.4. The van der Waals surface area contributed by atoms with Gasteiger partial charge < -0.3 is 10.6 Å². The molecule has 3 heterocycles. The summed E-state index contributed by atoms with van der Waals surface area (Å²) in [5.74, 6) is -0.899. The molecule has 2 fully saturated rings. The molecule has 29 heavy (non-hydrogen) atoms. The number of aromatic nitrogens is 1. The first-order valence-electron chi connectivity index (χ1n) is 9.41. The van der Waals surface area contributed by atoms with Crippen LogP contribution in [0.2, 0.25) is 5.02 Å². The number of carbonyl (C=O) groups excluding carboxylic acids is 2.